The second-order valence-electron chi connectivity index (χ2n) is 4.52. The minimum absolute atomic E-state index is 0.0677. The van der Waals surface area contributed by atoms with E-state index in [0.717, 1.165) is 12.2 Å². The highest BCUT2D eigenvalue weighted by molar-refractivity contribution is 4.99. The van der Waals surface area contributed by atoms with Crippen molar-refractivity contribution in [3.05, 3.63) is 24.8 Å². The van der Waals surface area contributed by atoms with Crippen molar-refractivity contribution < 1.29 is 0 Å². The number of aromatic nitrogens is 3. The molecular formula is C12H20N4. The maximum absolute atomic E-state index is 6.06. The first-order valence-corrected chi connectivity index (χ1v) is 6.09. The van der Waals surface area contributed by atoms with Gasteiger partial charge in [0.15, 0.2) is 0 Å². The first-order valence-electron chi connectivity index (χ1n) is 6.09. The molecule has 0 aromatic carbocycles. The number of hydrogen-bond acceptors (Lipinski definition) is 3. The molecule has 4 heteroatoms. The van der Waals surface area contributed by atoms with Gasteiger partial charge in [-0.15, -0.1) is 16.8 Å². The predicted octanol–water partition coefficient (Wildman–Crippen LogP) is 2.36. The molecule has 1 fully saturated rings. The van der Waals surface area contributed by atoms with E-state index in [2.05, 4.69) is 21.3 Å². The highest BCUT2D eigenvalue weighted by atomic mass is 15.3. The summed E-state index contributed by atoms with van der Waals surface area (Å²) in [6.45, 7) is 3.72. The van der Waals surface area contributed by atoms with Crippen LogP contribution >= 0.6 is 0 Å². The van der Waals surface area contributed by atoms with Crippen LogP contribution in [0.2, 0.25) is 0 Å². The number of hydrogen-bond donors (Lipinski definition) is 1. The second-order valence-corrected chi connectivity index (χ2v) is 4.52. The normalized spacial score (nSPS) is 19.6. The monoisotopic (exact) mass is 220 g/mol. The zero-order valence-electron chi connectivity index (χ0n) is 9.68. The lowest BCUT2D eigenvalue weighted by Gasteiger charge is -2.25. The van der Waals surface area contributed by atoms with Gasteiger partial charge in [0.2, 0.25) is 0 Å². The largest absolute Gasteiger partial charge is 0.321 e. The van der Waals surface area contributed by atoms with Crippen LogP contribution in [0.4, 0.5) is 0 Å². The van der Waals surface area contributed by atoms with Gasteiger partial charge in [0, 0.05) is 6.04 Å². The molecule has 0 saturated heterocycles. The molecule has 1 atom stereocenters. The van der Waals surface area contributed by atoms with Gasteiger partial charge in [-0.2, -0.15) is 0 Å². The quantitative estimate of drug-likeness (QED) is 0.792. The Morgan fingerprint density at radius 3 is 2.94 bits per heavy atom. The Morgan fingerprint density at radius 1 is 1.50 bits per heavy atom. The van der Waals surface area contributed by atoms with Gasteiger partial charge in [-0.3, -0.25) is 0 Å². The Hall–Kier alpha value is -1.16. The van der Waals surface area contributed by atoms with E-state index in [4.69, 9.17) is 5.73 Å². The molecule has 0 radical (unpaired) electrons. The molecule has 2 N–H and O–H groups in total. The van der Waals surface area contributed by atoms with E-state index in [-0.39, 0.29) is 6.04 Å². The molecule has 1 aliphatic rings. The highest BCUT2D eigenvalue weighted by Crippen LogP contribution is 2.29. The van der Waals surface area contributed by atoms with Gasteiger partial charge >= 0.3 is 0 Å². The van der Waals surface area contributed by atoms with Gasteiger partial charge in [0.05, 0.1) is 6.04 Å². The summed E-state index contributed by atoms with van der Waals surface area (Å²) in [7, 11) is 0. The van der Waals surface area contributed by atoms with Crippen LogP contribution in [0.15, 0.2) is 19.0 Å². The average molecular weight is 220 g/mol. The fraction of sp³-hybridized carbons (Fsp3) is 0.667. The van der Waals surface area contributed by atoms with Crippen molar-refractivity contribution in [2.24, 2.45) is 5.73 Å². The van der Waals surface area contributed by atoms with Crippen molar-refractivity contribution in [3.8, 4) is 0 Å². The summed E-state index contributed by atoms with van der Waals surface area (Å²) in [6.07, 6.45) is 10.8. The number of nitrogens with zero attached hydrogens (tertiary/aromatic N) is 3. The molecule has 88 valence electrons. The summed E-state index contributed by atoms with van der Waals surface area (Å²) in [5.74, 6) is 0.909. The van der Waals surface area contributed by atoms with Gasteiger partial charge in [0.25, 0.3) is 0 Å². The van der Waals surface area contributed by atoms with Gasteiger partial charge < -0.3 is 10.3 Å². The van der Waals surface area contributed by atoms with E-state index in [1.165, 1.54) is 32.1 Å². The summed E-state index contributed by atoms with van der Waals surface area (Å²) in [5, 5.41) is 8.15. The molecule has 0 amide bonds. The summed E-state index contributed by atoms with van der Waals surface area (Å²) < 4.78 is 2.17. The lowest BCUT2D eigenvalue weighted by molar-refractivity contribution is 0.340. The van der Waals surface area contributed by atoms with E-state index in [0.29, 0.717) is 6.04 Å². The van der Waals surface area contributed by atoms with Crippen molar-refractivity contribution in [3.63, 3.8) is 0 Å². The third kappa shape index (κ3) is 2.32. The van der Waals surface area contributed by atoms with E-state index in [9.17, 15) is 0 Å². The maximum atomic E-state index is 6.06. The summed E-state index contributed by atoms with van der Waals surface area (Å²) in [5.41, 5.74) is 6.06. The second kappa shape index (κ2) is 5.25. The van der Waals surface area contributed by atoms with Crippen molar-refractivity contribution in [2.75, 3.05) is 0 Å². The van der Waals surface area contributed by atoms with Crippen LogP contribution in [0, 0.1) is 0 Å². The third-order valence-corrected chi connectivity index (χ3v) is 3.32. The Balaban J connectivity index is 2.13. The zero-order valence-corrected chi connectivity index (χ0v) is 9.68. The van der Waals surface area contributed by atoms with Crippen LogP contribution < -0.4 is 5.73 Å². The topological polar surface area (TPSA) is 56.7 Å². The van der Waals surface area contributed by atoms with E-state index in [1.54, 1.807) is 0 Å². The number of rotatable bonds is 4. The molecule has 1 aromatic rings. The summed E-state index contributed by atoms with van der Waals surface area (Å²) in [4.78, 5) is 0. The number of nitrogens with two attached hydrogens (primary N) is 1. The van der Waals surface area contributed by atoms with Crippen molar-refractivity contribution in [2.45, 2.75) is 50.6 Å². The molecule has 1 unspecified atom stereocenters. The molecule has 1 heterocycles. The molecule has 4 nitrogen and oxygen atoms in total. The highest BCUT2D eigenvalue weighted by Gasteiger charge is 2.20. The molecular weight excluding hydrogens is 200 g/mol. The van der Waals surface area contributed by atoms with Crippen LogP contribution in [0.3, 0.4) is 0 Å². The first kappa shape index (κ1) is 11.3. The first-order chi connectivity index (χ1) is 7.83. The Kier molecular flexibility index (Phi) is 3.72. The Morgan fingerprint density at radius 2 is 2.25 bits per heavy atom. The fourth-order valence-corrected chi connectivity index (χ4v) is 2.44. The molecule has 1 saturated carbocycles. The smallest absolute Gasteiger partial charge is 0.150 e. The minimum atomic E-state index is -0.0677. The summed E-state index contributed by atoms with van der Waals surface area (Å²) >= 11 is 0. The Bertz CT molecular complexity index is 339. The molecule has 2 rings (SSSR count). The van der Waals surface area contributed by atoms with Crippen LogP contribution in [0.5, 0.6) is 0 Å². The van der Waals surface area contributed by atoms with Gasteiger partial charge in [-0.05, 0) is 19.3 Å². The average Bonchev–Trinajstić information content (AvgIpc) is 2.79. The lowest BCUT2D eigenvalue weighted by Crippen LogP contribution is -2.20. The van der Waals surface area contributed by atoms with Gasteiger partial charge in [0.1, 0.15) is 12.2 Å². The summed E-state index contributed by atoms with van der Waals surface area (Å²) in [6, 6.07) is 0.483. The lowest BCUT2D eigenvalue weighted by atomic mass is 9.95. The van der Waals surface area contributed by atoms with Crippen LogP contribution in [0.1, 0.15) is 56.4 Å². The standard InChI is InChI=1S/C12H20N4/c1-2-6-11(13)12-15-14-9-16(12)10-7-4-3-5-8-10/h2,9-11H,1,3-8,13H2. The fourth-order valence-electron chi connectivity index (χ4n) is 2.44. The predicted molar refractivity (Wildman–Crippen MR) is 63.9 cm³/mol. The SMILES string of the molecule is C=CCC(N)c1nncn1C1CCCCC1. The van der Waals surface area contributed by atoms with Crippen molar-refractivity contribution in [1.29, 1.82) is 0 Å². The molecule has 0 spiro atoms. The molecule has 1 aromatic heterocycles. The molecule has 0 bridgehead atoms. The van der Waals surface area contributed by atoms with Crippen LogP contribution in [-0.2, 0) is 0 Å². The van der Waals surface area contributed by atoms with E-state index >= 15 is 0 Å². The van der Waals surface area contributed by atoms with Crippen molar-refractivity contribution >= 4 is 0 Å². The van der Waals surface area contributed by atoms with Crippen molar-refractivity contribution in [1.82, 2.24) is 14.8 Å². The van der Waals surface area contributed by atoms with Crippen LogP contribution in [-0.4, -0.2) is 14.8 Å². The minimum Gasteiger partial charge on any atom is -0.321 e. The Labute approximate surface area is 96.6 Å². The molecule has 0 aliphatic heterocycles. The van der Waals surface area contributed by atoms with Gasteiger partial charge in [-0.1, -0.05) is 25.3 Å². The maximum Gasteiger partial charge on any atom is 0.150 e. The molecule has 1 aliphatic carbocycles. The third-order valence-electron chi connectivity index (χ3n) is 3.32. The van der Waals surface area contributed by atoms with Crippen LogP contribution in [0.25, 0.3) is 0 Å². The molecule has 16 heavy (non-hydrogen) atoms. The van der Waals surface area contributed by atoms with E-state index < -0.39 is 0 Å². The van der Waals surface area contributed by atoms with Gasteiger partial charge in [-0.25, -0.2) is 0 Å². The zero-order chi connectivity index (χ0) is 11.4. The van der Waals surface area contributed by atoms with E-state index in [1.807, 2.05) is 12.4 Å².